The normalized spacial score (nSPS) is 15.3. The highest BCUT2D eigenvalue weighted by atomic mass is 32.1. The molecular formula is C59H73N9O7S. The maximum Gasteiger partial charge on any atom is 0.277 e. The van der Waals surface area contributed by atoms with E-state index in [0.717, 1.165) is 72.2 Å². The zero-order chi connectivity index (χ0) is 54.4. The molecule has 5 amide bonds. The van der Waals surface area contributed by atoms with Crippen molar-refractivity contribution in [3.63, 3.8) is 0 Å². The molecule has 6 aromatic rings. The molecule has 0 unspecified atom stereocenters. The van der Waals surface area contributed by atoms with Crippen LogP contribution >= 0.6 is 11.3 Å². The number of carbonyl (C=O) groups is 5. The number of aliphatic hydroxyl groups is 1. The van der Waals surface area contributed by atoms with Crippen molar-refractivity contribution in [2.24, 2.45) is 5.41 Å². The van der Waals surface area contributed by atoms with Gasteiger partial charge in [0.1, 0.15) is 17.8 Å². The Bertz CT molecular complexity index is 3010. The Labute approximate surface area is 449 Å². The van der Waals surface area contributed by atoms with E-state index in [4.69, 9.17) is 4.98 Å². The van der Waals surface area contributed by atoms with E-state index in [9.17, 15) is 33.9 Å². The number of aryl methyl sites for hydroxylation is 2. The van der Waals surface area contributed by atoms with Gasteiger partial charge in [0.2, 0.25) is 23.6 Å². The number of nitrogens with zero attached hydrogens (tertiary/aromatic N) is 5. The third kappa shape index (κ3) is 15.1. The minimum absolute atomic E-state index is 0.0119. The van der Waals surface area contributed by atoms with E-state index >= 15 is 0 Å². The first kappa shape index (κ1) is 56.6. The van der Waals surface area contributed by atoms with Crippen molar-refractivity contribution in [3.05, 3.63) is 130 Å². The van der Waals surface area contributed by atoms with Crippen molar-refractivity contribution in [2.45, 2.75) is 156 Å². The lowest BCUT2D eigenvalue weighted by molar-refractivity contribution is -0.144. The zero-order valence-corrected chi connectivity index (χ0v) is 45.5. The van der Waals surface area contributed by atoms with Crippen LogP contribution in [0.2, 0.25) is 0 Å². The second kappa shape index (κ2) is 26.6. The molecule has 16 nitrogen and oxygen atoms in total. The van der Waals surface area contributed by atoms with Gasteiger partial charge in [0.25, 0.3) is 11.5 Å². The van der Waals surface area contributed by atoms with Gasteiger partial charge in [-0.05, 0) is 91.6 Å². The average molecular weight is 1050 g/mol. The van der Waals surface area contributed by atoms with Crippen molar-refractivity contribution in [1.29, 1.82) is 0 Å². The lowest BCUT2D eigenvalue weighted by Gasteiger charge is -2.35. The van der Waals surface area contributed by atoms with Gasteiger partial charge in [0.05, 0.1) is 39.3 Å². The van der Waals surface area contributed by atoms with E-state index in [1.807, 2.05) is 89.5 Å². The molecule has 7 rings (SSSR count). The van der Waals surface area contributed by atoms with E-state index in [2.05, 4.69) is 31.2 Å². The minimum atomic E-state index is -0.879. The first-order valence-corrected chi connectivity index (χ1v) is 27.6. The summed E-state index contributed by atoms with van der Waals surface area (Å²) in [4.78, 5) is 96.4. The fourth-order valence-electron chi connectivity index (χ4n) is 9.62. The van der Waals surface area contributed by atoms with Gasteiger partial charge in [-0.2, -0.15) is 0 Å². The number of nitrogens with one attached hydrogen (secondary N) is 4. The smallest absolute Gasteiger partial charge is 0.277 e. The van der Waals surface area contributed by atoms with E-state index < -0.39 is 23.6 Å². The number of thiazole rings is 1. The van der Waals surface area contributed by atoms with Gasteiger partial charge in [-0.15, -0.1) is 11.3 Å². The largest absolute Gasteiger partial charge is 0.391 e. The first-order valence-electron chi connectivity index (χ1n) is 26.7. The van der Waals surface area contributed by atoms with E-state index in [1.165, 1.54) is 4.90 Å². The third-order valence-electron chi connectivity index (χ3n) is 13.9. The van der Waals surface area contributed by atoms with Crippen LogP contribution in [-0.2, 0) is 32.3 Å². The fourth-order valence-corrected chi connectivity index (χ4v) is 10.4. The highest BCUT2D eigenvalue weighted by molar-refractivity contribution is 7.13. The number of amides is 5. The molecule has 4 heterocycles. The van der Waals surface area contributed by atoms with Crippen molar-refractivity contribution in [2.75, 3.05) is 11.9 Å². The van der Waals surface area contributed by atoms with Crippen molar-refractivity contribution >= 4 is 57.6 Å². The molecule has 402 valence electrons. The van der Waals surface area contributed by atoms with Crippen molar-refractivity contribution < 1.29 is 29.1 Å². The Morgan fingerprint density at radius 1 is 0.842 bits per heavy atom. The highest BCUT2D eigenvalue weighted by Gasteiger charge is 2.44. The quantitative estimate of drug-likeness (QED) is 0.0362. The highest BCUT2D eigenvalue weighted by Crippen LogP contribution is 2.30. The molecule has 1 saturated heterocycles. The number of fused-ring (bicyclic) bond motifs is 1. The zero-order valence-electron chi connectivity index (χ0n) is 44.7. The lowest BCUT2D eigenvalue weighted by Crippen LogP contribution is -2.57. The summed E-state index contributed by atoms with van der Waals surface area (Å²) in [6, 6.07) is 21.8. The number of hydrogen-bond donors (Lipinski definition) is 5. The Kier molecular flexibility index (Phi) is 19.8. The number of rotatable bonds is 24. The molecule has 4 atom stereocenters. The minimum Gasteiger partial charge on any atom is -0.391 e. The van der Waals surface area contributed by atoms with E-state index in [-0.39, 0.29) is 66.2 Å². The number of benzene rings is 3. The van der Waals surface area contributed by atoms with Crippen LogP contribution in [0.4, 0.5) is 5.69 Å². The lowest BCUT2D eigenvalue weighted by atomic mass is 9.85. The Morgan fingerprint density at radius 3 is 2.14 bits per heavy atom. The summed E-state index contributed by atoms with van der Waals surface area (Å²) in [5.41, 5.74) is 7.95. The second-order valence-electron chi connectivity index (χ2n) is 21.0. The van der Waals surface area contributed by atoms with Gasteiger partial charge in [0, 0.05) is 68.1 Å². The number of hydrogen-bond acceptors (Lipinski definition) is 11. The molecule has 5 N–H and O–H groups in total. The third-order valence-corrected chi connectivity index (χ3v) is 14.9. The van der Waals surface area contributed by atoms with Crippen LogP contribution in [0.1, 0.15) is 145 Å². The van der Waals surface area contributed by atoms with Crippen LogP contribution in [-0.4, -0.2) is 83.8 Å². The predicted molar refractivity (Wildman–Crippen MR) is 298 cm³/mol. The fraction of sp³-hybridized carbons (Fsp3) is 0.441. The number of aromatic nitrogens is 4. The van der Waals surface area contributed by atoms with Crippen LogP contribution in [0.5, 0.6) is 0 Å². The summed E-state index contributed by atoms with van der Waals surface area (Å²) in [5.74, 6) is -1.28. The van der Waals surface area contributed by atoms with Gasteiger partial charge >= 0.3 is 0 Å². The molecule has 3 aromatic heterocycles. The molecule has 1 aliphatic heterocycles. The SMILES string of the molecule is CCCn1c(=O)c(-c2ccc(C(=O)NCc3cccnc3)cc2)nc2ccc(NC(=O)CCCCCCCCCCC(=O)N[C@H](C(=O)N3C[C@@H](O)C[C@@H]3C(=O)N[C@@H](C)c3ccc(-c4scnc4C)cc3)C(C)(C)C)cc21. The molecule has 3 aromatic carbocycles. The second-order valence-corrected chi connectivity index (χ2v) is 21.9. The maximum absolute atomic E-state index is 14.1. The molecule has 0 saturated carbocycles. The number of unbranched alkanes of at least 4 members (excludes halogenated alkanes) is 7. The number of pyridine rings is 1. The van der Waals surface area contributed by atoms with Gasteiger partial charge in [-0.3, -0.25) is 33.8 Å². The number of anilines is 1. The summed E-state index contributed by atoms with van der Waals surface area (Å²) < 4.78 is 1.69. The van der Waals surface area contributed by atoms with Crippen molar-refractivity contribution in [3.8, 4) is 21.7 Å². The standard InChI is InChI=1S/C59H73N9O7S/c1-7-31-67-48-32-45(28-29-47(48)65-52(57(67)74)42-22-26-44(27-23-42)55(72)61-35-40-17-16-30-60-34-40)64-50(70)18-14-12-10-8-9-11-13-15-19-51(71)66-54(59(4,5)6)58(75)68-36-46(69)33-49(68)56(73)63-38(2)41-20-24-43(25-21-41)53-39(3)62-37-76-53/h16-17,20-30,32,34,37-38,46,49,54,69H,7-15,18-19,31,33,35-36H2,1-6H3,(H,61,72)(H,63,73)(H,64,70)(H,66,71)/t38-,46-,49+,54+/m0/s1. The van der Waals surface area contributed by atoms with Gasteiger partial charge in [-0.25, -0.2) is 9.97 Å². The van der Waals surface area contributed by atoms with E-state index in [0.29, 0.717) is 60.2 Å². The summed E-state index contributed by atoms with van der Waals surface area (Å²) in [5, 5.41) is 22.6. The molecule has 1 aliphatic rings. The van der Waals surface area contributed by atoms with Crippen LogP contribution in [0.25, 0.3) is 32.7 Å². The molecule has 17 heteroatoms. The van der Waals surface area contributed by atoms with Gasteiger partial charge in [-0.1, -0.05) is 109 Å². The van der Waals surface area contributed by atoms with Crippen LogP contribution < -0.4 is 26.8 Å². The number of β-amino-alcohol motifs (C(OH)–C–C–N with tert-alkyl or cyclic N) is 1. The monoisotopic (exact) mass is 1050 g/mol. The number of aliphatic hydroxyl groups excluding tert-OH is 1. The predicted octanol–water partition coefficient (Wildman–Crippen LogP) is 9.44. The van der Waals surface area contributed by atoms with Gasteiger partial charge < -0.3 is 35.8 Å². The van der Waals surface area contributed by atoms with Crippen LogP contribution in [0, 0.1) is 12.3 Å². The maximum atomic E-state index is 14.1. The summed E-state index contributed by atoms with van der Waals surface area (Å²) in [6.07, 6.45) is 11.2. The molecule has 0 spiro atoms. The topological polar surface area (TPSA) is 218 Å². The molecule has 0 radical (unpaired) electrons. The van der Waals surface area contributed by atoms with Crippen LogP contribution in [0.15, 0.2) is 102 Å². The number of carbonyl (C=O) groups excluding carboxylic acids is 5. The van der Waals surface area contributed by atoms with E-state index in [1.54, 1.807) is 64.7 Å². The molecule has 0 aliphatic carbocycles. The Morgan fingerprint density at radius 2 is 1.51 bits per heavy atom. The molecule has 76 heavy (non-hydrogen) atoms. The van der Waals surface area contributed by atoms with Crippen LogP contribution in [0.3, 0.4) is 0 Å². The molecule has 0 bridgehead atoms. The number of likely N-dealkylation sites (tertiary alicyclic amines) is 1. The van der Waals surface area contributed by atoms with Gasteiger partial charge in [0.15, 0.2) is 0 Å². The summed E-state index contributed by atoms with van der Waals surface area (Å²) >= 11 is 1.58. The first-order chi connectivity index (χ1) is 36.5. The summed E-state index contributed by atoms with van der Waals surface area (Å²) in [7, 11) is 0. The molecule has 1 fully saturated rings. The Hall–Kier alpha value is -7.11. The Balaban J connectivity index is 0.798. The molecular weight excluding hydrogens is 979 g/mol. The van der Waals surface area contributed by atoms with Crippen molar-refractivity contribution in [1.82, 2.24) is 40.4 Å². The average Bonchev–Trinajstić information content (AvgIpc) is 4.03. The summed E-state index contributed by atoms with van der Waals surface area (Å²) in [6.45, 7) is 12.3.